The Morgan fingerprint density at radius 1 is 0.878 bits per heavy atom. The van der Waals surface area contributed by atoms with Crippen molar-refractivity contribution in [3.8, 4) is 0 Å². The van der Waals surface area contributed by atoms with E-state index in [0.29, 0.717) is 29.8 Å². The molecule has 1 amide bonds. The van der Waals surface area contributed by atoms with E-state index < -0.39 is 21.7 Å². The SMILES string of the molecule is NCCCCCO.O=C(NCCCCCCO)c1cc([N+](=O)[O-])ccc1CO.O=C1OCc2ccc([N+](=O)[O-])cc21. The zero-order chi connectivity index (χ0) is 30.6. The molecule has 0 bridgehead atoms. The third-order valence-electron chi connectivity index (χ3n) is 5.83. The molecular weight excluding hydrogens is 540 g/mol. The number of nitro groups is 2. The number of carbonyl (C=O) groups is 2. The van der Waals surface area contributed by atoms with Crippen LogP contribution in [0.2, 0.25) is 0 Å². The topological polar surface area (TPSA) is 228 Å². The van der Waals surface area contributed by atoms with Crippen LogP contribution in [-0.2, 0) is 18.0 Å². The molecule has 226 valence electrons. The van der Waals surface area contributed by atoms with Crippen LogP contribution in [0.1, 0.15) is 76.8 Å². The van der Waals surface area contributed by atoms with Gasteiger partial charge >= 0.3 is 5.97 Å². The lowest BCUT2D eigenvalue weighted by molar-refractivity contribution is -0.385. The molecular formula is C27H38N4O10. The van der Waals surface area contributed by atoms with Crippen LogP contribution in [0.15, 0.2) is 36.4 Å². The molecule has 0 unspecified atom stereocenters. The molecule has 0 atom stereocenters. The van der Waals surface area contributed by atoms with Crippen molar-refractivity contribution >= 4 is 23.3 Å². The van der Waals surface area contributed by atoms with Crippen molar-refractivity contribution in [2.75, 3.05) is 26.3 Å². The smallest absolute Gasteiger partial charge is 0.339 e. The summed E-state index contributed by atoms with van der Waals surface area (Å²) in [6, 6.07) is 7.96. The highest BCUT2D eigenvalue weighted by atomic mass is 16.6. The quantitative estimate of drug-likeness (QED) is 0.0947. The van der Waals surface area contributed by atoms with Crippen LogP contribution in [0.3, 0.4) is 0 Å². The maximum Gasteiger partial charge on any atom is 0.339 e. The lowest BCUT2D eigenvalue weighted by Crippen LogP contribution is -2.25. The number of cyclic esters (lactones) is 1. The number of nitro benzene ring substituents is 2. The summed E-state index contributed by atoms with van der Waals surface area (Å²) >= 11 is 0. The molecule has 2 aromatic rings. The average molecular weight is 579 g/mol. The Bertz CT molecular complexity index is 1140. The van der Waals surface area contributed by atoms with Gasteiger partial charge in [0.15, 0.2) is 0 Å². The number of hydrogen-bond acceptors (Lipinski definition) is 11. The van der Waals surface area contributed by atoms with Gasteiger partial charge in [0, 0.05) is 49.6 Å². The first-order valence-electron chi connectivity index (χ1n) is 13.2. The first-order valence-corrected chi connectivity index (χ1v) is 13.2. The molecule has 0 aromatic heterocycles. The number of nitrogens with one attached hydrogen (secondary N) is 1. The zero-order valence-corrected chi connectivity index (χ0v) is 22.8. The summed E-state index contributed by atoms with van der Waals surface area (Å²) in [4.78, 5) is 43.0. The maximum absolute atomic E-state index is 12.0. The summed E-state index contributed by atoms with van der Waals surface area (Å²) in [7, 11) is 0. The minimum Gasteiger partial charge on any atom is -0.457 e. The Morgan fingerprint density at radius 2 is 1.46 bits per heavy atom. The van der Waals surface area contributed by atoms with E-state index in [2.05, 4.69) is 5.32 Å². The molecule has 0 spiro atoms. The van der Waals surface area contributed by atoms with Crippen molar-refractivity contribution in [3.63, 3.8) is 0 Å². The van der Waals surface area contributed by atoms with Crippen LogP contribution >= 0.6 is 0 Å². The number of aliphatic hydroxyl groups is 3. The summed E-state index contributed by atoms with van der Waals surface area (Å²) in [6.07, 6.45) is 6.31. The number of benzene rings is 2. The number of non-ortho nitro benzene ring substituents is 2. The van der Waals surface area contributed by atoms with Gasteiger partial charge in [-0.15, -0.1) is 0 Å². The van der Waals surface area contributed by atoms with Crippen molar-refractivity contribution in [1.82, 2.24) is 5.32 Å². The number of aliphatic hydroxyl groups excluding tert-OH is 3. The van der Waals surface area contributed by atoms with E-state index in [-0.39, 0.29) is 36.8 Å². The highest BCUT2D eigenvalue weighted by molar-refractivity contribution is 5.96. The number of amides is 1. The Morgan fingerprint density at radius 3 is 2.05 bits per heavy atom. The number of esters is 1. The number of carbonyl (C=O) groups excluding carboxylic acids is 2. The van der Waals surface area contributed by atoms with E-state index in [1.807, 2.05) is 0 Å². The standard InChI is InChI=1S/C14H20N2O5.C8H5NO4.C5H13NO/c17-8-4-2-1-3-7-15-14(19)13-9-12(16(20)21)6-5-11(13)10-18;10-8-7-3-6(9(11)12)2-1-5(7)4-13-8;6-4-2-1-3-5-7/h5-6,9,17-18H,1-4,7-8,10H2,(H,15,19);1-3H,4H2;7H,1-6H2. The van der Waals surface area contributed by atoms with Crippen LogP contribution < -0.4 is 11.1 Å². The molecule has 1 aliphatic rings. The van der Waals surface area contributed by atoms with Gasteiger partial charge in [0.2, 0.25) is 0 Å². The molecule has 1 aliphatic heterocycles. The largest absolute Gasteiger partial charge is 0.457 e. The van der Waals surface area contributed by atoms with Gasteiger partial charge in [-0.1, -0.05) is 12.8 Å². The Hall–Kier alpha value is -3.98. The zero-order valence-electron chi connectivity index (χ0n) is 22.8. The first-order chi connectivity index (χ1) is 19.7. The molecule has 14 heteroatoms. The second-order valence-electron chi connectivity index (χ2n) is 8.90. The van der Waals surface area contributed by atoms with Crippen LogP contribution in [0.25, 0.3) is 0 Å². The summed E-state index contributed by atoms with van der Waals surface area (Å²) < 4.78 is 4.70. The maximum atomic E-state index is 12.0. The van der Waals surface area contributed by atoms with Crippen LogP contribution in [0.5, 0.6) is 0 Å². The van der Waals surface area contributed by atoms with Gasteiger partial charge in [0.25, 0.3) is 17.3 Å². The molecule has 0 saturated heterocycles. The van der Waals surface area contributed by atoms with E-state index in [1.54, 1.807) is 6.07 Å². The van der Waals surface area contributed by atoms with Crippen molar-refractivity contribution in [1.29, 1.82) is 0 Å². The number of rotatable bonds is 14. The van der Waals surface area contributed by atoms with Gasteiger partial charge in [-0.05, 0) is 56.3 Å². The predicted octanol–water partition coefficient (Wildman–Crippen LogP) is 2.74. The monoisotopic (exact) mass is 578 g/mol. The fourth-order valence-electron chi connectivity index (χ4n) is 3.56. The summed E-state index contributed by atoms with van der Waals surface area (Å²) in [5.41, 5.74) is 6.41. The normalized spacial score (nSPS) is 11.3. The Kier molecular flexibility index (Phi) is 17.1. The first kappa shape index (κ1) is 35.0. The highest BCUT2D eigenvalue weighted by Gasteiger charge is 2.23. The van der Waals surface area contributed by atoms with Crippen molar-refractivity contribution < 1.29 is 39.5 Å². The summed E-state index contributed by atoms with van der Waals surface area (Å²) in [6.45, 7) is 1.54. The molecule has 0 fully saturated rings. The second-order valence-corrected chi connectivity index (χ2v) is 8.90. The fourth-order valence-corrected chi connectivity index (χ4v) is 3.56. The number of hydrogen-bond donors (Lipinski definition) is 5. The molecule has 2 aromatic carbocycles. The average Bonchev–Trinajstić information content (AvgIpc) is 3.35. The van der Waals surface area contributed by atoms with Gasteiger partial charge in [0.1, 0.15) is 6.61 Å². The van der Waals surface area contributed by atoms with Gasteiger partial charge < -0.3 is 31.1 Å². The van der Waals surface area contributed by atoms with Crippen LogP contribution in [0.4, 0.5) is 11.4 Å². The molecule has 3 rings (SSSR count). The number of nitrogens with zero attached hydrogens (tertiary/aromatic N) is 2. The van der Waals surface area contributed by atoms with Crippen LogP contribution in [0, 0.1) is 20.2 Å². The third kappa shape index (κ3) is 12.8. The minimum absolute atomic E-state index is 0.0856. The fraction of sp³-hybridized carbons (Fsp3) is 0.481. The number of nitrogens with two attached hydrogens (primary N) is 1. The molecule has 6 N–H and O–H groups in total. The highest BCUT2D eigenvalue weighted by Crippen LogP contribution is 2.24. The van der Waals surface area contributed by atoms with E-state index in [0.717, 1.165) is 51.5 Å². The van der Waals surface area contributed by atoms with E-state index in [9.17, 15) is 34.9 Å². The predicted molar refractivity (Wildman–Crippen MR) is 149 cm³/mol. The molecule has 0 saturated carbocycles. The van der Waals surface area contributed by atoms with Crippen molar-refractivity contribution in [2.24, 2.45) is 5.73 Å². The summed E-state index contributed by atoms with van der Waals surface area (Å²) in [5.74, 6) is -0.913. The molecule has 41 heavy (non-hydrogen) atoms. The lowest BCUT2D eigenvalue weighted by Gasteiger charge is -2.08. The summed E-state index contributed by atoms with van der Waals surface area (Å²) in [5, 5.41) is 49.9. The molecule has 0 radical (unpaired) electrons. The van der Waals surface area contributed by atoms with E-state index >= 15 is 0 Å². The Labute approximate surface area is 237 Å². The van der Waals surface area contributed by atoms with Crippen LogP contribution in [-0.4, -0.2) is 63.3 Å². The van der Waals surface area contributed by atoms with E-state index in [1.165, 1.54) is 30.3 Å². The minimum atomic E-state index is -0.577. The molecule has 1 heterocycles. The van der Waals surface area contributed by atoms with Gasteiger partial charge in [-0.25, -0.2) is 4.79 Å². The van der Waals surface area contributed by atoms with E-state index in [4.69, 9.17) is 20.7 Å². The number of unbranched alkanes of at least 4 members (excludes halogenated alkanes) is 5. The Balaban J connectivity index is 0.000000354. The van der Waals surface area contributed by atoms with Gasteiger partial charge in [-0.3, -0.25) is 25.0 Å². The molecule has 0 aliphatic carbocycles. The van der Waals surface area contributed by atoms with Gasteiger partial charge in [0.05, 0.1) is 27.6 Å². The lowest BCUT2D eigenvalue weighted by atomic mass is 10.1. The molecule has 14 nitrogen and oxygen atoms in total. The third-order valence-corrected chi connectivity index (χ3v) is 5.83. The van der Waals surface area contributed by atoms with Crippen molar-refractivity contribution in [3.05, 3.63) is 78.9 Å². The van der Waals surface area contributed by atoms with Gasteiger partial charge in [-0.2, -0.15) is 0 Å². The number of fused-ring (bicyclic) bond motifs is 1. The van der Waals surface area contributed by atoms with Crippen molar-refractivity contribution in [2.45, 2.75) is 58.2 Å². The number of ether oxygens (including phenoxy) is 1. The second kappa shape index (κ2) is 20.0.